The molecule has 2 heterocycles. The van der Waals surface area contributed by atoms with Crippen molar-refractivity contribution in [1.82, 2.24) is 20.2 Å². The van der Waals surface area contributed by atoms with Gasteiger partial charge in [-0.05, 0) is 34.7 Å². The minimum atomic E-state index is 0.462. The zero-order chi connectivity index (χ0) is 14.7. The minimum absolute atomic E-state index is 0.462. The van der Waals surface area contributed by atoms with E-state index in [1.165, 1.54) is 0 Å². The van der Waals surface area contributed by atoms with Crippen LogP contribution < -0.4 is 4.74 Å². The second kappa shape index (κ2) is 6.48. The molecule has 2 aromatic rings. The van der Waals surface area contributed by atoms with Gasteiger partial charge in [-0.15, -0.1) is 16.9 Å². The number of hydrogen-bond acceptors (Lipinski definition) is 7. The summed E-state index contributed by atoms with van der Waals surface area (Å²) >= 11 is 3.48. The van der Waals surface area contributed by atoms with Crippen LogP contribution in [-0.4, -0.2) is 49.9 Å². The lowest BCUT2D eigenvalue weighted by molar-refractivity contribution is 0.415. The van der Waals surface area contributed by atoms with Gasteiger partial charge in [0.1, 0.15) is 5.75 Å². The molecule has 0 saturated carbocycles. The standard InChI is InChI=1S/C13H15N5OS2/c1-18-13(15-16-17-18)20-8-11-7-14-12(21-11)9-3-5-10(19-2)6-4-9/h3-6,11H,7-8H2,1-2H3/t11-/m0/s1. The Balaban J connectivity index is 1.55. The van der Waals surface area contributed by atoms with Crippen LogP contribution in [0.5, 0.6) is 5.75 Å². The van der Waals surface area contributed by atoms with E-state index in [1.54, 1.807) is 23.6 Å². The highest BCUT2D eigenvalue weighted by Crippen LogP contribution is 2.30. The molecule has 1 aromatic carbocycles. The fourth-order valence-electron chi connectivity index (χ4n) is 1.91. The van der Waals surface area contributed by atoms with E-state index >= 15 is 0 Å². The Morgan fingerprint density at radius 3 is 2.86 bits per heavy atom. The number of aliphatic imine (C=N–C) groups is 1. The van der Waals surface area contributed by atoms with E-state index < -0.39 is 0 Å². The zero-order valence-corrected chi connectivity index (χ0v) is 13.4. The molecule has 0 fully saturated rings. The summed E-state index contributed by atoms with van der Waals surface area (Å²) in [5, 5.41) is 13.8. The number of rotatable bonds is 5. The van der Waals surface area contributed by atoms with E-state index in [-0.39, 0.29) is 0 Å². The smallest absolute Gasteiger partial charge is 0.209 e. The maximum Gasteiger partial charge on any atom is 0.209 e. The maximum atomic E-state index is 5.17. The normalized spacial score (nSPS) is 17.8. The highest BCUT2D eigenvalue weighted by Gasteiger charge is 2.21. The molecule has 0 radical (unpaired) electrons. The van der Waals surface area contributed by atoms with Gasteiger partial charge in [0.2, 0.25) is 5.16 Å². The molecule has 21 heavy (non-hydrogen) atoms. The van der Waals surface area contributed by atoms with Crippen molar-refractivity contribution in [2.45, 2.75) is 10.4 Å². The number of benzene rings is 1. The molecular formula is C13H15N5OS2. The van der Waals surface area contributed by atoms with Crippen LogP contribution in [0.1, 0.15) is 5.56 Å². The number of methoxy groups -OCH3 is 1. The highest BCUT2D eigenvalue weighted by atomic mass is 32.2. The molecule has 3 rings (SSSR count). The van der Waals surface area contributed by atoms with Crippen molar-refractivity contribution in [2.24, 2.45) is 12.0 Å². The molecule has 0 saturated heterocycles. The largest absolute Gasteiger partial charge is 0.497 e. The van der Waals surface area contributed by atoms with Crippen LogP contribution in [0.4, 0.5) is 0 Å². The lowest BCUT2D eigenvalue weighted by atomic mass is 10.2. The van der Waals surface area contributed by atoms with E-state index in [4.69, 9.17) is 4.74 Å². The lowest BCUT2D eigenvalue weighted by Crippen LogP contribution is -2.07. The SMILES string of the molecule is COc1ccc(C2=NC[C@@H](CSc3nnnn3C)S2)cc1. The Morgan fingerprint density at radius 2 is 2.19 bits per heavy atom. The predicted molar refractivity (Wildman–Crippen MR) is 85.3 cm³/mol. The number of ether oxygens (including phenoxy) is 1. The van der Waals surface area contributed by atoms with Gasteiger partial charge in [-0.25, -0.2) is 4.68 Å². The van der Waals surface area contributed by atoms with Crippen molar-refractivity contribution < 1.29 is 4.74 Å². The van der Waals surface area contributed by atoms with E-state index in [9.17, 15) is 0 Å². The number of thioether (sulfide) groups is 2. The fraction of sp³-hybridized carbons (Fsp3) is 0.385. The molecule has 0 aliphatic carbocycles. The monoisotopic (exact) mass is 321 g/mol. The molecule has 0 unspecified atom stereocenters. The van der Waals surface area contributed by atoms with Crippen LogP contribution in [-0.2, 0) is 7.05 Å². The number of aryl methyl sites for hydroxylation is 1. The van der Waals surface area contributed by atoms with Gasteiger partial charge in [0, 0.05) is 23.6 Å². The first-order valence-electron chi connectivity index (χ1n) is 6.47. The van der Waals surface area contributed by atoms with Gasteiger partial charge in [-0.1, -0.05) is 11.8 Å². The summed E-state index contributed by atoms with van der Waals surface area (Å²) in [6, 6.07) is 8.02. The topological polar surface area (TPSA) is 65.2 Å². The summed E-state index contributed by atoms with van der Waals surface area (Å²) in [5.74, 6) is 1.81. The second-order valence-corrected chi connectivity index (χ2v) is 6.79. The third-order valence-corrected chi connectivity index (χ3v) is 5.65. The van der Waals surface area contributed by atoms with Gasteiger partial charge in [0.25, 0.3) is 0 Å². The zero-order valence-electron chi connectivity index (χ0n) is 11.8. The molecule has 0 spiro atoms. The van der Waals surface area contributed by atoms with E-state index in [1.807, 2.05) is 43.1 Å². The van der Waals surface area contributed by atoms with Gasteiger partial charge >= 0.3 is 0 Å². The van der Waals surface area contributed by atoms with Crippen LogP contribution in [0, 0.1) is 0 Å². The quantitative estimate of drug-likeness (QED) is 0.783. The van der Waals surface area contributed by atoms with Gasteiger partial charge in [-0.3, -0.25) is 4.99 Å². The molecule has 0 bridgehead atoms. The van der Waals surface area contributed by atoms with Crippen molar-refractivity contribution >= 4 is 28.6 Å². The lowest BCUT2D eigenvalue weighted by Gasteiger charge is -2.07. The van der Waals surface area contributed by atoms with Gasteiger partial charge in [0.15, 0.2) is 0 Å². The minimum Gasteiger partial charge on any atom is -0.497 e. The average Bonchev–Trinajstić information content (AvgIpc) is 3.14. The van der Waals surface area contributed by atoms with Crippen LogP contribution in [0.15, 0.2) is 34.4 Å². The number of aromatic nitrogens is 4. The molecule has 1 aliphatic rings. The van der Waals surface area contributed by atoms with Crippen molar-refractivity contribution in [3.8, 4) is 5.75 Å². The third-order valence-electron chi connectivity index (χ3n) is 3.03. The molecule has 6 nitrogen and oxygen atoms in total. The fourth-order valence-corrected chi connectivity index (χ4v) is 4.03. The summed E-state index contributed by atoms with van der Waals surface area (Å²) in [5.41, 5.74) is 1.15. The van der Waals surface area contributed by atoms with Gasteiger partial charge in [-0.2, -0.15) is 0 Å². The molecule has 110 valence electrons. The van der Waals surface area contributed by atoms with E-state index in [0.717, 1.165) is 33.8 Å². The van der Waals surface area contributed by atoms with Crippen molar-refractivity contribution in [3.05, 3.63) is 29.8 Å². The van der Waals surface area contributed by atoms with Crippen LogP contribution in [0.25, 0.3) is 0 Å². The number of hydrogen-bond donors (Lipinski definition) is 0. The Kier molecular flexibility index (Phi) is 4.45. The van der Waals surface area contributed by atoms with Crippen molar-refractivity contribution in [1.29, 1.82) is 0 Å². The maximum absolute atomic E-state index is 5.17. The molecule has 1 atom stereocenters. The molecule has 0 amide bonds. The summed E-state index contributed by atoms with van der Waals surface area (Å²) in [6.07, 6.45) is 0. The summed E-state index contributed by atoms with van der Waals surface area (Å²) in [4.78, 5) is 4.63. The van der Waals surface area contributed by atoms with Crippen LogP contribution in [0.3, 0.4) is 0 Å². The Bertz CT molecular complexity index is 640. The van der Waals surface area contributed by atoms with Gasteiger partial charge < -0.3 is 4.74 Å². The van der Waals surface area contributed by atoms with Crippen LogP contribution >= 0.6 is 23.5 Å². The first-order valence-corrected chi connectivity index (χ1v) is 8.33. The second-order valence-electron chi connectivity index (χ2n) is 4.51. The molecule has 8 heteroatoms. The van der Waals surface area contributed by atoms with E-state index in [2.05, 4.69) is 20.5 Å². The van der Waals surface area contributed by atoms with Crippen LogP contribution in [0.2, 0.25) is 0 Å². The number of nitrogens with zero attached hydrogens (tertiary/aromatic N) is 5. The molecule has 1 aliphatic heterocycles. The Morgan fingerprint density at radius 1 is 1.38 bits per heavy atom. The Hall–Kier alpha value is -1.54. The predicted octanol–water partition coefficient (Wildman–Crippen LogP) is 1.87. The highest BCUT2D eigenvalue weighted by molar-refractivity contribution is 8.16. The van der Waals surface area contributed by atoms with Gasteiger partial charge in [0.05, 0.1) is 18.7 Å². The number of tetrazole rings is 1. The summed E-state index contributed by atoms with van der Waals surface area (Å²) in [7, 11) is 3.52. The first kappa shape index (κ1) is 14.4. The van der Waals surface area contributed by atoms with Crippen molar-refractivity contribution in [3.63, 3.8) is 0 Å². The third kappa shape index (κ3) is 3.38. The average molecular weight is 321 g/mol. The molecule has 1 aromatic heterocycles. The first-order chi connectivity index (χ1) is 10.3. The summed E-state index contributed by atoms with van der Waals surface area (Å²) in [6.45, 7) is 0.838. The Labute approximate surface area is 131 Å². The van der Waals surface area contributed by atoms with Crippen molar-refractivity contribution in [2.75, 3.05) is 19.4 Å². The van der Waals surface area contributed by atoms with E-state index in [0.29, 0.717) is 5.25 Å². The molecular weight excluding hydrogens is 306 g/mol. The molecule has 0 N–H and O–H groups in total. The summed E-state index contributed by atoms with van der Waals surface area (Å²) < 4.78 is 6.86.